The molecule has 0 unspecified atom stereocenters. The van der Waals surface area contributed by atoms with Gasteiger partial charge in [-0.2, -0.15) is 4.31 Å². The Hall–Kier alpha value is -3.40. The molecule has 0 saturated carbocycles. The Morgan fingerprint density at radius 2 is 1.57 bits per heavy atom. The van der Waals surface area contributed by atoms with Crippen molar-refractivity contribution in [3.8, 4) is 0 Å². The fourth-order valence-corrected chi connectivity index (χ4v) is 6.65. The minimum Gasteiger partial charge on any atom is -0.298 e. The van der Waals surface area contributed by atoms with Crippen LogP contribution in [0.4, 0.5) is 5.13 Å². The van der Waals surface area contributed by atoms with Crippen LogP contribution >= 0.6 is 11.3 Å². The number of thiazole rings is 1. The Labute approximate surface area is 221 Å². The van der Waals surface area contributed by atoms with Crippen molar-refractivity contribution in [1.82, 2.24) is 9.29 Å². The molecule has 1 heterocycles. The van der Waals surface area contributed by atoms with Gasteiger partial charge in [-0.05, 0) is 44.0 Å². The largest absolute Gasteiger partial charge is 0.298 e. The van der Waals surface area contributed by atoms with E-state index in [1.54, 1.807) is 54.6 Å². The molecule has 1 N–H and O–H groups in total. The number of hydrogen-bond acceptors (Lipinski definition) is 6. The molecule has 0 spiro atoms. The number of carbonyl (C=O) groups is 2. The van der Waals surface area contributed by atoms with Crippen molar-refractivity contribution in [2.75, 3.05) is 18.4 Å². The zero-order valence-corrected chi connectivity index (χ0v) is 22.7. The number of ketones is 1. The summed E-state index contributed by atoms with van der Waals surface area (Å²) in [6.45, 7) is 6.76. The number of hydrogen-bond donors (Lipinski definition) is 1. The van der Waals surface area contributed by atoms with Crippen LogP contribution in [0.2, 0.25) is 0 Å². The van der Waals surface area contributed by atoms with Crippen molar-refractivity contribution >= 4 is 48.4 Å². The quantitative estimate of drug-likeness (QED) is 0.255. The second-order valence-corrected chi connectivity index (χ2v) is 11.7. The van der Waals surface area contributed by atoms with Crippen molar-refractivity contribution < 1.29 is 18.0 Å². The van der Waals surface area contributed by atoms with E-state index in [4.69, 9.17) is 0 Å². The van der Waals surface area contributed by atoms with Crippen LogP contribution in [0, 0.1) is 6.92 Å². The molecule has 4 rings (SSSR count). The Morgan fingerprint density at radius 3 is 2.22 bits per heavy atom. The van der Waals surface area contributed by atoms with Crippen molar-refractivity contribution in [3.05, 3.63) is 89.0 Å². The van der Waals surface area contributed by atoms with Gasteiger partial charge in [-0.1, -0.05) is 73.2 Å². The Balaban J connectivity index is 1.60. The lowest BCUT2D eigenvalue weighted by Crippen LogP contribution is -2.32. The van der Waals surface area contributed by atoms with E-state index in [0.29, 0.717) is 39.6 Å². The topological polar surface area (TPSA) is 96.4 Å². The summed E-state index contributed by atoms with van der Waals surface area (Å²) in [5.74, 6) is -0.700. The molecule has 0 aliphatic carbocycles. The van der Waals surface area contributed by atoms with Crippen LogP contribution in [-0.2, 0) is 10.0 Å². The standard InChI is InChI=1S/C28H29N3O4S2/c1-4-16-31(17-5-2)37(34,35)21-14-15-24-25(18-21)36-28(29-24)30-27(33)23-9-7-6-8-22(23)26(32)20-12-10-19(3)11-13-20/h6-15,18H,4-5,16-17H2,1-3H3,(H,29,30,33). The lowest BCUT2D eigenvalue weighted by atomic mass is 9.97. The highest BCUT2D eigenvalue weighted by Crippen LogP contribution is 2.30. The third-order valence-electron chi connectivity index (χ3n) is 5.89. The summed E-state index contributed by atoms with van der Waals surface area (Å²) in [6, 6.07) is 18.7. The molecular formula is C28H29N3O4S2. The van der Waals surface area contributed by atoms with Gasteiger partial charge in [-0.3, -0.25) is 14.9 Å². The molecule has 7 nitrogen and oxygen atoms in total. The molecule has 1 aromatic heterocycles. The van der Waals surface area contributed by atoms with Gasteiger partial charge in [-0.25, -0.2) is 13.4 Å². The van der Waals surface area contributed by atoms with Gasteiger partial charge >= 0.3 is 0 Å². The fourth-order valence-electron chi connectivity index (χ4n) is 4.02. The number of sulfonamides is 1. The number of benzene rings is 3. The van der Waals surface area contributed by atoms with Crippen molar-refractivity contribution in [2.24, 2.45) is 0 Å². The monoisotopic (exact) mass is 535 g/mol. The van der Waals surface area contributed by atoms with Crippen molar-refractivity contribution in [1.29, 1.82) is 0 Å². The average Bonchev–Trinajstić information content (AvgIpc) is 3.30. The summed E-state index contributed by atoms with van der Waals surface area (Å²) in [5, 5.41) is 3.11. The number of rotatable bonds is 10. The van der Waals surface area contributed by atoms with E-state index >= 15 is 0 Å². The van der Waals surface area contributed by atoms with Gasteiger partial charge in [0.2, 0.25) is 10.0 Å². The number of carbonyl (C=O) groups excluding carboxylic acids is 2. The van der Waals surface area contributed by atoms with Crippen LogP contribution in [0.3, 0.4) is 0 Å². The first-order valence-electron chi connectivity index (χ1n) is 12.2. The average molecular weight is 536 g/mol. The molecule has 1 amide bonds. The molecule has 0 atom stereocenters. The summed E-state index contributed by atoms with van der Waals surface area (Å²) in [4.78, 5) is 30.9. The highest BCUT2D eigenvalue weighted by atomic mass is 32.2. The number of nitrogens with one attached hydrogen (secondary N) is 1. The van der Waals surface area contributed by atoms with Gasteiger partial charge in [0.1, 0.15) is 0 Å². The zero-order chi connectivity index (χ0) is 26.6. The summed E-state index contributed by atoms with van der Waals surface area (Å²) in [6.07, 6.45) is 1.46. The van der Waals surface area contributed by atoms with Crippen LogP contribution in [0.5, 0.6) is 0 Å². The highest BCUT2D eigenvalue weighted by Gasteiger charge is 2.24. The molecule has 0 fully saturated rings. The highest BCUT2D eigenvalue weighted by molar-refractivity contribution is 7.89. The van der Waals surface area contributed by atoms with Gasteiger partial charge in [0.15, 0.2) is 10.9 Å². The van der Waals surface area contributed by atoms with E-state index in [1.165, 1.54) is 15.6 Å². The van der Waals surface area contributed by atoms with Crippen LogP contribution in [-0.4, -0.2) is 42.5 Å². The zero-order valence-electron chi connectivity index (χ0n) is 21.0. The minimum absolute atomic E-state index is 0.206. The maximum atomic E-state index is 13.2. The van der Waals surface area contributed by atoms with Crippen LogP contribution in [0.25, 0.3) is 10.2 Å². The van der Waals surface area contributed by atoms with Gasteiger partial charge in [0, 0.05) is 24.2 Å². The molecular weight excluding hydrogens is 506 g/mol. The van der Waals surface area contributed by atoms with Crippen LogP contribution < -0.4 is 5.32 Å². The first-order valence-corrected chi connectivity index (χ1v) is 14.4. The van der Waals surface area contributed by atoms with E-state index in [2.05, 4.69) is 10.3 Å². The summed E-state index contributed by atoms with van der Waals surface area (Å²) in [5.41, 5.74) is 2.66. The number of aryl methyl sites for hydroxylation is 1. The van der Waals surface area contributed by atoms with E-state index < -0.39 is 15.9 Å². The van der Waals surface area contributed by atoms with Crippen LogP contribution in [0.1, 0.15) is 58.5 Å². The molecule has 9 heteroatoms. The maximum Gasteiger partial charge on any atom is 0.258 e. The molecule has 37 heavy (non-hydrogen) atoms. The second kappa shape index (κ2) is 11.3. The number of amides is 1. The first kappa shape index (κ1) is 26.7. The predicted molar refractivity (Wildman–Crippen MR) is 148 cm³/mol. The molecule has 3 aromatic carbocycles. The smallest absolute Gasteiger partial charge is 0.258 e. The first-order chi connectivity index (χ1) is 17.7. The number of anilines is 1. The SMILES string of the molecule is CCCN(CCC)S(=O)(=O)c1ccc2nc(NC(=O)c3ccccc3C(=O)c3ccc(C)cc3)sc2c1. The third kappa shape index (κ3) is 5.79. The number of aromatic nitrogens is 1. The molecule has 0 bridgehead atoms. The predicted octanol–water partition coefficient (Wildman–Crippen LogP) is 5.90. The van der Waals surface area contributed by atoms with Gasteiger partial charge in [0.25, 0.3) is 5.91 Å². The van der Waals surface area contributed by atoms with Gasteiger partial charge in [-0.15, -0.1) is 0 Å². The third-order valence-corrected chi connectivity index (χ3v) is 8.72. The van der Waals surface area contributed by atoms with E-state index in [0.717, 1.165) is 18.4 Å². The number of nitrogens with zero attached hydrogens (tertiary/aromatic N) is 2. The molecule has 0 radical (unpaired) electrons. The van der Waals surface area contributed by atoms with Gasteiger partial charge < -0.3 is 0 Å². The van der Waals surface area contributed by atoms with Crippen LogP contribution in [0.15, 0.2) is 71.6 Å². The summed E-state index contributed by atoms with van der Waals surface area (Å²) < 4.78 is 28.5. The normalized spacial score (nSPS) is 11.7. The molecule has 4 aromatic rings. The molecule has 0 aliphatic rings. The molecule has 0 aliphatic heterocycles. The van der Waals surface area contributed by atoms with Gasteiger partial charge in [0.05, 0.1) is 20.7 Å². The second-order valence-electron chi connectivity index (χ2n) is 8.75. The van der Waals surface area contributed by atoms with Crippen molar-refractivity contribution in [2.45, 2.75) is 38.5 Å². The minimum atomic E-state index is -3.63. The van der Waals surface area contributed by atoms with E-state index in [1.807, 2.05) is 32.9 Å². The lowest BCUT2D eigenvalue weighted by molar-refractivity contribution is 0.0996. The Kier molecular flexibility index (Phi) is 8.16. The Bertz CT molecular complexity index is 1540. The maximum absolute atomic E-state index is 13.2. The molecule has 192 valence electrons. The molecule has 0 saturated heterocycles. The number of fused-ring (bicyclic) bond motifs is 1. The summed E-state index contributed by atoms with van der Waals surface area (Å²) in [7, 11) is -3.63. The Morgan fingerprint density at radius 1 is 0.919 bits per heavy atom. The van der Waals surface area contributed by atoms with Crippen molar-refractivity contribution in [3.63, 3.8) is 0 Å². The van der Waals surface area contributed by atoms with E-state index in [-0.39, 0.29) is 16.2 Å². The summed E-state index contributed by atoms with van der Waals surface area (Å²) >= 11 is 1.19. The van der Waals surface area contributed by atoms with E-state index in [9.17, 15) is 18.0 Å². The fraction of sp³-hybridized carbons (Fsp3) is 0.250. The lowest BCUT2D eigenvalue weighted by Gasteiger charge is -2.20.